The van der Waals surface area contributed by atoms with E-state index < -0.39 is 4.92 Å². The molecule has 0 spiro atoms. The molecule has 32 heavy (non-hydrogen) atoms. The largest absolute Gasteiger partial charge is 0.368 e. The first kappa shape index (κ1) is 21.6. The molecule has 3 aromatic rings. The van der Waals surface area contributed by atoms with Crippen molar-refractivity contribution in [1.82, 2.24) is 9.97 Å². The second-order valence-corrected chi connectivity index (χ2v) is 8.13. The Hall–Kier alpha value is -3.66. The van der Waals surface area contributed by atoms with E-state index in [0.717, 1.165) is 32.0 Å². The third-order valence-electron chi connectivity index (χ3n) is 5.08. The number of amides is 1. The molecule has 1 aliphatic rings. The molecule has 1 N–H and O–H groups in total. The normalized spacial score (nSPS) is 13.6. The molecule has 1 aromatic heterocycles. The fraction of sp³-hybridized carbons (Fsp3) is 0.227. The number of piperazine rings is 1. The van der Waals surface area contributed by atoms with Crippen LogP contribution < -0.4 is 15.1 Å². The van der Waals surface area contributed by atoms with Crippen LogP contribution in [0.5, 0.6) is 0 Å². The third-order valence-corrected chi connectivity index (χ3v) is 6.00. The molecule has 2 aromatic carbocycles. The number of carbonyl (C=O) groups is 1. The van der Waals surface area contributed by atoms with Crippen LogP contribution in [0.3, 0.4) is 0 Å². The molecule has 1 aliphatic heterocycles. The topological polar surface area (TPSA) is 104 Å². The third kappa shape index (κ3) is 5.33. The second-order valence-electron chi connectivity index (χ2n) is 7.14. The predicted molar refractivity (Wildman–Crippen MR) is 125 cm³/mol. The molecule has 0 bridgehead atoms. The van der Waals surface area contributed by atoms with Gasteiger partial charge >= 0.3 is 0 Å². The molecule has 9 nitrogen and oxygen atoms in total. The van der Waals surface area contributed by atoms with E-state index in [4.69, 9.17) is 0 Å². The van der Waals surface area contributed by atoms with Gasteiger partial charge in [-0.25, -0.2) is 9.97 Å². The number of hydrogen-bond acceptors (Lipinski definition) is 8. The average Bonchev–Trinajstić information content (AvgIpc) is 2.84. The van der Waals surface area contributed by atoms with Crippen molar-refractivity contribution >= 4 is 40.5 Å². The van der Waals surface area contributed by atoms with Crippen LogP contribution in [0.4, 0.5) is 22.9 Å². The van der Waals surface area contributed by atoms with Gasteiger partial charge in [-0.1, -0.05) is 42.1 Å². The Labute approximate surface area is 189 Å². The molecule has 1 fully saturated rings. The zero-order valence-corrected chi connectivity index (χ0v) is 18.1. The van der Waals surface area contributed by atoms with Crippen molar-refractivity contribution in [2.75, 3.05) is 47.0 Å². The molecular weight excluding hydrogens is 428 g/mol. The maximum absolute atomic E-state index is 12.3. The number of para-hydroxylation sites is 3. The summed E-state index contributed by atoms with van der Waals surface area (Å²) in [5.74, 6) is 0.583. The molecule has 0 aliphatic carbocycles. The number of hydrogen-bond donors (Lipinski definition) is 1. The number of carbonyl (C=O) groups excluding carboxylic acids is 1. The number of nitro benzene ring substituents is 1. The highest BCUT2D eigenvalue weighted by molar-refractivity contribution is 7.99. The number of nitrogens with one attached hydrogen (secondary N) is 1. The molecule has 1 amide bonds. The van der Waals surface area contributed by atoms with E-state index in [1.165, 1.54) is 35.9 Å². The van der Waals surface area contributed by atoms with E-state index in [9.17, 15) is 14.9 Å². The van der Waals surface area contributed by atoms with E-state index in [1.54, 1.807) is 12.1 Å². The van der Waals surface area contributed by atoms with E-state index in [2.05, 4.69) is 37.2 Å². The van der Waals surface area contributed by atoms with E-state index >= 15 is 0 Å². The molecule has 1 saturated heterocycles. The zero-order valence-electron chi connectivity index (χ0n) is 17.3. The van der Waals surface area contributed by atoms with Crippen molar-refractivity contribution in [2.24, 2.45) is 0 Å². The van der Waals surface area contributed by atoms with Gasteiger partial charge in [-0.15, -0.1) is 0 Å². The van der Waals surface area contributed by atoms with Gasteiger partial charge in [0.15, 0.2) is 0 Å². The predicted octanol–water partition coefficient (Wildman–Crippen LogP) is 3.44. The highest BCUT2D eigenvalue weighted by Gasteiger charge is 2.19. The minimum absolute atomic E-state index is 0.0876. The first-order valence-electron chi connectivity index (χ1n) is 10.1. The lowest BCUT2D eigenvalue weighted by Crippen LogP contribution is -2.46. The first-order valence-corrected chi connectivity index (χ1v) is 11.1. The van der Waals surface area contributed by atoms with Crippen LogP contribution in [0, 0.1) is 10.1 Å². The monoisotopic (exact) mass is 450 g/mol. The molecule has 2 heterocycles. The van der Waals surface area contributed by atoms with Gasteiger partial charge in [0.2, 0.25) is 5.91 Å². The smallest absolute Gasteiger partial charge is 0.292 e. The maximum Gasteiger partial charge on any atom is 0.292 e. The summed E-state index contributed by atoms with van der Waals surface area (Å²) in [5, 5.41) is 14.4. The average molecular weight is 451 g/mol. The van der Waals surface area contributed by atoms with Gasteiger partial charge in [0.25, 0.3) is 5.69 Å². The summed E-state index contributed by atoms with van der Waals surface area (Å²) in [4.78, 5) is 36.1. The summed E-state index contributed by atoms with van der Waals surface area (Å²) in [6, 6.07) is 18.3. The Balaban J connectivity index is 1.32. The van der Waals surface area contributed by atoms with Crippen LogP contribution in [0.15, 0.2) is 72.0 Å². The molecule has 0 saturated carbocycles. The van der Waals surface area contributed by atoms with Gasteiger partial charge in [-0.3, -0.25) is 14.9 Å². The Morgan fingerprint density at radius 1 is 1.00 bits per heavy atom. The van der Waals surface area contributed by atoms with Crippen molar-refractivity contribution in [3.63, 3.8) is 0 Å². The van der Waals surface area contributed by atoms with Crippen LogP contribution in [0.1, 0.15) is 0 Å². The van der Waals surface area contributed by atoms with Gasteiger partial charge in [0, 0.05) is 44.0 Å². The van der Waals surface area contributed by atoms with Gasteiger partial charge in [-0.05, 0) is 18.2 Å². The molecule has 0 unspecified atom stereocenters. The fourth-order valence-corrected chi connectivity index (χ4v) is 4.14. The lowest BCUT2D eigenvalue weighted by atomic mass is 10.2. The molecule has 0 radical (unpaired) electrons. The number of nitrogens with zero attached hydrogens (tertiary/aromatic N) is 5. The second kappa shape index (κ2) is 10.1. The van der Waals surface area contributed by atoms with Crippen molar-refractivity contribution in [1.29, 1.82) is 0 Å². The number of thioether (sulfide) groups is 1. The number of rotatable bonds is 7. The molecule has 0 atom stereocenters. The summed E-state index contributed by atoms with van der Waals surface area (Å²) < 4.78 is 0. The van der Waals surface area contributed by atoms with Gasteiger partial charge < -0.3 is 15.1 Å². The van der Waals surface area contributed by atoms with Crippen LogP contribution in [0.2, 0.25) is 0 Å². The summed E-state index contributed by atoms with van der Waals surface area (Å²) in [7, 11) is 0. The Morgan fingerprint density at radius 3 is 2.44 bits per heavy atom. The van der Waals surface area contributed by atoms with Gasteiger partial charge in [-0.2, -0.15) is 0 Å². The van der Waals surface area contributed by atoms with Crippen LogP contribution in [-0.2, 0) is 4.79 Å². The number of nitro groups is 1. The standard InChI is InChI=1S/C22H22N6O3S/c29-21(25-18-8-4-5-9-19(18)28(30)31)15-32-22-14-20(23-16-24-22)27-12-10-26(11-13-27)17-6-2-1-3-7-17/h1-9,14,16H,10-13,15H2,(H,25,29). The van der Waals surface area contributed by atoms with Gasteiger partial charge in [0.1, 0.15) is 22.9 Å². The van der Waals surface area contributed by atoms with Crippen molar-refractivity contribution in [3.8, 4) is 0 Å². The molecule has 4 rings (SSSR count). The van der Waals surface area contributed by atoms with Crippen LogP contribution in [0.25, 0.3) is 0 Å². The Morgan fingerprint density at radius 2 is 1.69 bits per heavy atom. The van der Waals surface area contributed by atoms with Crippen molar-refractivity contribution < 1.29 is 9.72 Å². The highest BCUT2D eigenvalue weighted by Crippen LogP contribution is 2.25. The first-order chi connectivity index (χ1) is 15.6. The Bertz CT molecular complexity index is 1090. The molecule has 164 valence electrons. The lowest BCUT2D eigenvalue weighted by molar-refractivity contribution is -0.383. The van der Waals surface area contributed by atoms with Crippen LogP contribution >= 0.6 is 11.8 Å². The minimum Gasteiger partial charge on any atom is -0.368 e. The lowest BCUT2D eigenvalue weighted by Gasteiger charge is -2.36. The SMILES string of the molecule is O=C(CSc1cc(N2CCN(c3ccccc3)CC2)ncn1)Nc1ccccc1[N+](=O)[O-]. The quantitative estimate of drug-likeness (QED) is 0.253. The van der Waals surface area contributed by atoms with E-state index in [-0.39, 0.29) is 23.0 Å². The van der Waals surface area contributed by atoms with E-state index in [0.29, 0.717) is 5.03 Å². The maximum atomic E-state index is 12.3. The van der Waals surface area contributed by atoms with Crippen molar-refractivity contribution in [2.45, 2.75) is 5.03 Å². The zero-order chi connectivity index (χ0) is 22.3. The van der Waals surface area contributed by atoms with E-state index in [1.807, 2.05) is 24.3 Å². The van der Waals surface area contributed by atoms with Crippen LogP contribution in [-0.4, -0.2) is 52.7 Å². The summed E-state index contributed by atoms with van der Waals surface area (Å²) >= 11 is 1.27. The van der Waals surface area contributed by atoms with Crippen molar-refractivity contribution in [3.05, 3.63) is 77.1 Å². The molecular formula is C22H22N6O3S. The minimum atomic E-state index is -0.517. The number of anilines is 3. The number of benzene rings is 2. The Kier molecular flexibility index (Phi) is 6.81. The summed E-state index contributed by atoms with van der Waals surface area (Å²) in [6.45, 7) is 3.48. The summed E-state index contributed by atoms with van der Waals surface area (Å²) in [6.07, 6.45) is 1.50. The highest BCUT2D eigenvalue weighted by atomic mass is 32.2. The fourth-order valence-electron chi connectivity index (χ4n) is 3.48. The molecule has 10 heteroatoms. The van der Waals surface area contributed by atoms with Gasteiger partial charge in [0.05, 0.1) is 10.7 Å². The summed E-state index contributed by atoms with van der Waals surface area (Å²) in [5.41, 5.74) is 1.27. The number of aromatic nitrogens is 2.